The van der Waals surface area contributed by atoms with Crippen molar-refractivity contribution in [2.24, 2.45) is 4.99 Å². The van der Waals surface area contributed by atoms with E-state index in [0.717, 1.165) is 16.7 Å². The van der Waals surface area contributed by atoms with Gasteiger partial charge in [-0.25, -0.2) is 14.6 Å². The molecule has 0 fully saturated rings. The van der Waals surface area contributed by atoms with Gasteiger partial charge in [0.25, 0.3) is 0 Å². The van der Waals surface area contributed by atoms with Crippen molar-refractivity contribution in [3.05, 3.63) is 107 Å². The molecule has 0 saturated carbocycles. The Morgan fingerprint density at radius 1 is 0.966 bits per heavy atom. The highest BCUT2D eigenvalue weighted by Crippen LogP contribution is 2.21. The van der Waals surface area contributed by atoms with Gasteiger partial charge in [-0.1, -0.05) is 48.0 Å². The number of aliphatic imine (C=N–C) groups is 1. The second kappa shape index (κ2) is 7.94. The zero-order valence-electron chi connectivity index (χ0n) is 15.7. The highest BCUT2D eigenvalue weighted by Gasteiger charge is 2.23. The fourth-order valence-corrected chi connectivity index (χ4v) is 2.84. The molecule has 5 heteroatoms. The topological polar surface area (TPSA) is 65.0 Å². The van der Waals surface area contributed by atoms with Crippen LogP contribution in [0.3, 0.4) is 0 Å². The summed E-state index contributed by atoms with van der Waals surface area (Å²) in [6, 6.07) is 23.3. The molecule has 4 rings (SSSR count). The van der Waals surface area contributed by atoms with Crippen LogP contribution in [0.4, 0.5) is 0 Å². The van der Waals surface area contributed by atoms with Gasteiger partial charge in [0.2, 0.25) is 5.90 Å². The Labute approximate surface area is 167 Å². The molecule has 0 unspecified atom stereocenters. The van der Waals surface area contributed by atoms with Crippen molar-refractivity contribution >= 4 is 23.9 Å². The number of hydrogen-bond donors (Lipinski definition) is 0. The number of carbonyl (C=O) groups is 2. The summed E-state index contributed by atoms with van der Waals surface area (Å²) in [6.07, 6.45) is 1.63. The van der Waals surface area contributed by atoms with E-state index in [2.05, 4.69) is 4.99 Å². The predicted molar refractivity (Wildman–Crippen MR) is 110 cm³/mol. The highest BCUT2D eigenvalue weighted by molar-refractivity contribution is 6.12. The third-order valence-electron chi connectivity index (χ3n) is 4.29. The lowest BCUT2D eigenvalue weighted by molar-refractivity contribution is -0.129. The van der Waals surface area contributed by atoms with Crippen molar-refractivity contribution < 1.29 is 19.1 Å². The molecule has 1 aliphatic heterocycles. The standard InChI is InChI=1S/C24H17NO4/c1-16-6-5-9-19(14-16)23(26)28-20-12-10-17(11-13-20)15-21-24(27)29-22(25-21)18-7-3-2-4-8-18/h2-15H,1H3. The van der Waals surface area contributed by atoms with E-state index in [1.807, 2.05) is 49.4 Å². The van der Waals surface area contributed by atoms with Crippen LogP contribution in [0.15, 0.2) is 89.6 Å². The lowest BCUT2D eigenvalue weighted by atomic mass is 10.1. The number of aryl methyl sites for hydroxylation is 1. The Balaban J connectivity index is 1.49. The summed E-state index contributed by atoms with van der Waals surface area (Å²) in [7, 11) is 0. The van der Waals surface area contributed by atoms with Gasteiger partial charge in [0.1, 0.15) is 5.75 Å². The molecule has 1 heterocycles. The van der Waals surface area contributed by atoms with Crippen molar-refractivity contribution in [3.63, 3.8) is 0 Å². The van der Waals surface area contributed by atoms with E-state index in [1.165, 1.54) is 0 Å². The number of cyclic esters (lactones) is 1. The number of benzene rings is 3. The van der Waals surface area contributed by atoms with Gasteiger partial charge in [0.15, 0.2) is 5.70 Å². The molecule has 0 spiro atoms. The molecule has 0 amide bonds. The Hall–Kier alpha value is -3.99. The normalized spacial score (nSPS) is 14.4. The summed E-state index contributed by atoms with van der Waals surface area (Å²) < 4.78 is 10.6. The minimum atomic E-state index is -0.501. The second-order valence-corrected chi connectivity index (χ2v) is 6.53. The summed E-state index contributed by atoms with van der Waals surface area (Å²) in [5, 5.41) is 0. The first-order chi connectivity index (χ1) is 14.1. The first-order valence-electron chi connectivity index (χ1n) is 9.05. The summed E-state index contributed by atoms with van der Waals surface area (Å²) in [6.45, 7) is 1.92. The van der Waals surface area contributed by atoms with Gasteiger partial charge in [0, 0.05) is 5.56 Å². The van der Waals surface area contributed by atoms with Gasteiger partial charge < -0.3 is 9.47 Å². The van der Waals surface area contributed by atoms with Crippen molar-refractivity contribution in [2.75, 3.05) is 0 Å². The molecular formula is C24H17NO4. The van der Waals surface area contributed by atoms with E-state index < -0.39 is 11.9 Å². The number of esters is 2. The molecule has 1 aliphatic rings. The molecule has 0 bridgehead atoms. The van der Waals surface area contributed by atoms with Crippen LogP contribution in [0.1, 0.15) is 27.0 Å². The van der Waals surface area contributed by atoms with E-state index in [1.54, 1.807) is 42.5 Å². The van der Waals surface area contributed by atoms with Crippen LogP contribution in [0.2, 0.25) is 0 Å². The van der Waals surface area contributed by atoms with Crippen LogP contribution in [0, 0.1) is 6.92 Å². The van der Waals surface area contributed by atoms with E-state index in [9.17, 15) is 9.59 Å². The largest absolute Gasteiger partial charge is 0.423 e. The number of ether oxygens (including phenoxy) is 2. The minimum absolute atomic E-state index is 0.216. The van der Waals surface area contributed by atoms with Crippen LogP contribution in [0.5, 0.6) is 5.75 Å². The van der Waals surface area contributed by atoms with Gasteiger partial charge in [0.05, 0.1) is 5.56 Å². The first kappa shape index (κ1) is 18.4. The van der Waals surface area contributed by atoms with E-state index in [0.29, 0.717) is 11.3 Å². The van der Waals surface area contributed by atoms with Gasteiger partial charge in [-0.05, 0) is 55.0 Å². The molecule has 3 aromatic carbocycles. The predicted octanol–water partition coefficient (Wildman–Crippen LogP) is 4.56. The quantitative estimate of drug-likeness (QED) is 0.376. The smallest absolute Gasteiger partial charge is 0.363 e. The fraction of sp³-hybridized carbons (Fsp3) is 0.0417. The molecule has 5 nitrogen and oxygen atoms in total. The third kappa shape index (κ3) is 4.30. The van der Waals surface area contributed by atoms with Crippen molar-refractivity contribution in [2.45, 2.75) is 6.92 Å². The molecule has 29 heavy (non-hydrogen) atoms. The maximum atomic E-state index is 12.2. The molecule has 0 radical (unpaired) electrons. The van der Waals surface area contributed by atoms with Crippen LogP contribution in [-0.4, -0.2) is 17.8 Å². The molecule has 0 N–H and O–H groups in total. The summed E-state index contributed by atoms with van der Waals surface area (Å²) >= 11 is 0. The number of rotatable bonds is 4. The molecule has 3 aromatic rings. The minimum Gasteiger partial charge on any atom is -0.423 e. The molecule has 0 saturated heterocycles. The Morgan fingerprint density at radius 3 is 2.45 bits per heavy atom. The van der Waals surface area contributed by atoms with Crippen LogP contribution < -0.4 is 4.74 Å². The Kier molecular flexibility index (Phi) is 5.03. The average molecular weight is 383 g/mol. The molecule has 0 atom stereocenters. The first-order valence-corrected chi connectivity index (χ1v) is 9.05. The molecule has 0 aromatic heterocycles. The monoisotopic (exact) mass is 383 g/mol. The number of nitrogens with zero attached hydrogens (tertiary/aromatic N) is 1. The summed E-state index contributed by atoms with van der Waals surface area (Å²) in [5.41, 5.74) is 3.18. The fourth-order valence-electron chi connectivity index (χ4n) is 2.84. The highest BCUT2D eigenvalue weighted by atomic mass is 16.6. The van der Waals surface area contributed by atoms with Gasteiger partial charge in [-0.15, -0.1) is 0 Å². The van der Waals surface area contributed by atoms with Crippen LogP contribution in [-0.2, 0) is 9.53 Å². The lowest BCUT2D eigenvalue weighted by Gasteiger charge is -2.05. The van der Waals surface area contributed by atoms with Crippen molar-refractivity contribution in [1.82, 2.24) is 0 Å². The lowest BCUT2D eigenvalue weighted by Crippen LogP contribution is -2.08. The van der Waals surface area contributed by atoms with Crippen molar-refractivity contribution in [1.29, 1.82) is 0 Å². The third-order valence-corrected chi connectivity index (χ3v) is 4.29. The second-order valence-electron chi connectivity index (χ2n) is 6.53. The summed E-state index contributed by atoms with van der Waals surface area (Å²) in [4.78, 5) is 28.6. The molecule has 142 valence electrons. The van der Waals surface area contributed by atoms with Crippen molar-refractivity contribution in [3.8, 4) is 5.75 Å². The Bertz CT molecular complexity index is 1130. The van der Waals surface area contributed by atoms with E-state index in [-0.39, 0.29) is 11.6 Å². The zero-order valence-corrected chi connectivity index (χ0v) is 15.7. The van der Waals surface area contributed by atoms with Gasteiger partial charge >= 0.3 is 11.9 Å². The van der Waals surface area contributed by atoms with E-state index in [4.69, 9.17) is 9.47 Å². The Morgan fingerprint density at radius 2 is 1.72 bits per heavy atom. The van der Waals surface area contributed by atoms with Crippen LogP contribution >= 0.6 is 0 Å². The van der Waals surface area contributed by atoms with Crippen LogP contribution in [0.25, 0.3) is 6.08 Å². The summed E-state index contributed by atoms with van der Waals surface area (Å²) in [5.74, 6) is -0.221. The molecule has 0 aliphatic carbocycles. The maximum Gasteiger partial charge on any atom is 0.363 e. The number of hydrogen-bond acceptors (Lipinski definition) is 5. The zero-order chi connectivity index (χ0) is 20.2. The average Bonchev–Trinajstić information content (AvgIpc) is 3.10. The van der Waals surface area contributed by atoms with Gasteiger partial charge in [-0.3, -0.25) is 0 Å². The number of carbonyl (C=O) groups excluding carboxylic acids is 2. The van der Waals surface area contributed by atoms with E-state index >= 15 is 0 Å². The SMILES string of the molecule is Cc1cccc(C(=O)Oc2ccc(C=C3N=C(c4ccccc4)OC3=O)cc2)c1. The van der Waals surface area contributed by atoms with Gasteiger partial charge in [-0.2, -0.15) is 0 Å². The maximum absolute atomic E-state index is 12.2. The molecular weight excluding hydrogens is 366 g/mol.